The molecule has 0 radical (unpaired) electrons. The fourth-order valence-corrected chi connectivity index (χ4v) is 8.28. The third-order valence-corrected chi connectivity index (χ3v) is 12.5. The van der Waals surface area contributed by atoms with Gasteiger partial charge in [-0.3, -0.25) is 9.59 Å². The smallest absolute Gasteiger partial charge is 0.305 e. The quantitative estimate of drug-likeness (QED) is 0.0322. The van der Waals surface area contributed by atoms with E-state index in [1.165, 1.54) is 212 Å². The molecule has 0 heterocycles. The first kappa shape index (κ1) is 59.3. The van der Waals surface area contributed by atoms with Crippen molar-refractivity contribution in [1.82, 2.24) is 5.32 Å². The van der Waals surface area contributed by atoms with Crippen molar-refractivity contribution in [3.63, 3.8) is 0 Å². The Morgan fingerprint density at radius 1 is 0.443 bits per heavy atom. The maximum absolute atomic E-state index is 12.4. The summed E-state index contributed by atoms with van der Waals surface area (Å²) >= 11 is 0. The lowest BCUT2D eigenvalue weighted by molar-refractivity contribution is -0.143. The summed E-state index contributed by atoms with van der Waals surface area (Å²) in [5.41, 5.74) is 0. The van der Waals surface area contributed by atoms with Gasteiger partial charge >= 0.3 is 5.97 Å². The Hall–Kier alpha value is -1.66. The second-order valence-corrected chi connectivity index (χ2v) is 18.6. The van der Waals surface area contributed by atoms with Crippen molar-refractivity contribution in [3.8, 4) is 0 Å². The molecule has 0 aliphatic carbocycles. The Labute approximate surface area is 380 Å². The molecule has 2 unspecified atom stereocenters. The van der Waals surface area contributed by atoms with Crippen LogP contribution in [0.3, 0.4) is 0 Å². The van der Waals surface area contributed by atoms with E-state index in [2.05, 4.69) is 43.5 Å². The predicted octanol–water partition coefficient (Wildman–Crippen LogP) is 16.3. The molecule has 0 aliphatic rings. The lowest BCUT2D eigenvalue weighted by Gasteiger charge is -2.22. The van der Waals surface area contributed by atoms with Crippen LogP contribution in [0.1, 0.15) is 290 Å². The van der Waals surface area contributed by atoms with Crippen LogP contribution in [-0.4, -0.2) is 47.4 Å². The summed E-state index contributed by atoms with van der Waals surface area (Å²) in [6.07, 6.45) is 60.3. The largest absolute Gasteiger partial charge is 0.466 e. The average Bonchev–Trinajstić information content (AvgIpc) is 3.26. The highest BCUT2D eigenvalue weighted by molar-refractivity contribution is 5.76. The van der Waals surface area contributed by atoms with Gasteiger partial charge in [-0.15, -0.1) is 0 Å². The molecule has 0 fully saturated rings. The molecule has 0 rings (SSSR count). The van der Waals surface area contributed by atoms with Crippen molar-refractivity contribution in [2.45, 2.75) is 302 Å². The zero-order valence-electron chi connectivity index (χ0n) is 40.9. The number of amides is 1. The van der Waals surface area contributed by atoms with E-state index in [0.29, 0.717) is 25.9 Å². The number of hydrogen-bond acceptors (Lipinski definition) is 5. The summed E-state index contributed by atoms with van der Waals surface area (Å²) in [4.78, 5) is 24.4. The van der Waals surface area contributed by atoms with Gasteiger partial charge in [0.2, 0.25) is 5.91 Å². The predicted molar refractivity (Wildman–Crippen MR) is 264 cm³/mol. The van der Waals surface area contributed by atoms with Gasteiger partial charge < -0.3 is 20.3 Å². The highest BCUT2D eigenvalue weighted by atomic mass is 16.5. The summed E-state index contributed by atoms with van der Waals surface area (Å²) in [6.45, 7) is 4.91. The Morgan fingerprint density at radius 3 is 1.18 bits per heavy atom. The van der Waals surface area contributed by atoms with Gasteiger partial charge in [0, 0.05) is 12.8 Å². The molecular formula is C55H105NO5. The average molecular weight is 860 g/mol. The van der Waals surface area contributed by atoms with Crippen LogP contribution in [0.2, 0.25) is 0 Å². The minimum atomic E-state index is -0.666. The number of allylic oxidation sites excluding steroid dienone is 4. The van der Waals surface area contributed by atoms with E-state index >= 15 is 0 Å². The molecule has 6 heteroatoms. The molecule has 0 saturated carbocycles. The van der Waals surface area contributed by atoms with Gasteiger partial charge in [-0.05, 0) is 77.0 Å². The molecule has 1 amide bonds. The van der Waals surface area contributed by atoms with Gasteiger partial charge in [0.1, 0.15) is 0 Å². The number of unbranched alkanes of at least 4 members (excludes halogenated alkanes) is 35. The van der Waals surface area contributed by atoms with E-state index < -0.39 is 12.1 Å². The number of ether oxygens (including phenoxy) is 1. The highest BCUT2D eigenvalue weighted by Gasteiger charge is 2.20. The molecule has 6 nitrogen and oxygen atoms in total. The van der Waals surface area contributed by atoms with Crippen molar-refractivity contribution in [2.24, 2.45) is 0 Å². The standard InChI is InChI=1S/C55H105NO5/c1-3-5-7-9-11-13-14-25-29-33-37-41-45-49-55(60)61-50-46-42-38-34-30-27-24-22-20-18-16-15-17-19-21-23-26-28-32-36-40-44-48-54(59)56-52(51-57)53(58)47-43-39-35-31-12-10-8-6-4-2/h13-14,17,19,52-53,57-58H,3-12,15-16,18,20-51H2,1-2H3,(H,56,59)/b14-13-,19-17-. The lowest BCUT2D eigenvalue weighted by Crippen LogP contribution is -2.45. The maximum Gasteiger partial charge on any atom is 0.305 e. The molecule has 0 aliphatic heterocycles. The van der Waals surface area contributed by atoms with Crippen LogP contribution >= 0.6 is 0 Å². The SMILES string of the molecule is CCCCCC/C=C\CCCCCCCC(=O)OCCCCCCCCCCCCC/C=C\CCCCCCCCCC(=O)NC(CO)C(O)CCCCCCCCCCC. The molecule has 0 bridgehead atoms. The number of aliphatic hydroxyl groups excluding tert-OH is 2. The van der Waals surface area contributed by atoms with Crippen LogP contribution < -0.4 is 5.32 Å². The van der Waals surface area contributed by atoms with Gasteiger partial charge in [0.25, 0.3) is 0 Å². The van der Waals surface area contributed by atoms with Crippen LogP contribution in [0.5, 0.6) is 0 Å². The number of rotatable bonds is 50. The van der Waals surface area contributed by atoms with Crippen molar-refractivity contribution in [2.75, 3.05) is 13.2 Å². The topological polar surface area (TPSA) is 95.9 Å². The Kier molecular flexibility index (Phi) is 49.6. The lowest BCUT2D eigenvalue weighted by atomic mass is 10.0. The Morgan fingerprint density at radius 2 is 0.770 bits per heavy atom. The maximum atomic E-state index is 12.4. The molecule has 0 aromatic rings. The number of hydrogen-bond donors (Lipinski definition) is 3. The second kappa shape index (κ2) is 51.0. The fraction of sp³-hybridized carbons (Fsp3) is 0.891. The van der Waals surface area contributed by atoms with E-state index in [0.717, 1.165) is 44.9 Å². The molecule has 0 aromatic carbocycles. The summed E-state index contributed by atoms with van der Waals surface area (Å²) in [5.74, 6) is -0.0442. The number of esters is 1. The minimum absolute atomic E-state index is 0.000334. The van der Waals surface area contributed by atoms with E-state index in [4.69, 9.17) is 4.74 Å². The minimum Gasteiger partial charge on any atom is -0.466 e. The van der Waals surface area contributed by atoms with Gasteiger partial charge in [0.15, 0.2) is 0 Å². The van der Waals surface area contributed by atoms with Gasteiger partial charge in [-0.1, -0.05) is 224 Å². The third-order valence-electron chi connectivity index (χ3n) is 12.5. The third kappa shape index (κ3) is 47.7. The Balaban J connectivity index is 3.39. The van der Waals surface area contributed by atoms with Crippen LogP contribution in [0.25, 0.3) is 0 Å². The van der Waals surface area contributed by atoms with E-state index in [1.54, 1.807) is 0 Å². The number of aliphatic hydroxyl groups is 2. The highest BCUT2D eigenvalue weighted by Crippen LogP contribution is 2.16. The fourth-order valence-electron chi connectivity index (χ4n) is 8.28. The molecule has 2 atom stereocenters. The molecule has 0 saturated heterocycles. The van der Waals surface area contributed by atoms with Crippen LogP contribution in [0.15, 0.2) is 24.3 Å². The van der Waals surface area contributed by atoms with Crippen LogP contribution in [0.4, 0.5) is 0 Å². The van der Waals surface area contributed by atoms with Crippen molar-refractivity contribution >= 4 is 11.9 Å². The van der Waals surface area contributed by atoms with Crippen molar-refractivity contribution in [3.05, 3.63) is 24.3 Å². The first-order valence-corrected chi connectivity index (χ1v) is 27.1. The van der Waals surface area contributed by atoms with Crippen molar-refractivity contribution < 1.29 is 24.5 Å². The summed E-state index contributed by atoms with van der Waals surface area (Å²) in [6, 6.07) is -0.544. The van der Waals surface area contributed by atoms with E-state index in [-0.39, 0.29) is 18.5 Å². The molecule has 360 valence electrons. The van der Waals surface area contributed by atoms with Crippen LogP contribution in [0, 0.1) is 0 Å². The molecule has 0 spiro atoms. The monoisotopic (exact) mass is 860 g/mol. The first-order chi connectivity index (χ1) is 30.0. The summed E-state index contributed by atoms with van der Waals surface area (Å²) < 4.78 is 5.46. The Bertz CT molecular complexity index is 951. The molecule has 0 aromatic heterocycles. The number of carbonyl (C=O) groups excluding carboxylic acids is 2. The number of carbonyl (C=O) groups is 2. The molecule has 3 N–H and O–H groups in total. The van der Waals surface area contributed by atoms with Crippen LogP contribution in [-0.2, 0) is 14.3 Å². The normalized spacial score (nSPS) is 12.8. The summed E-state index contributed by atoms with van der Waals surface area (Å²) in [5, 5.41) is 23.1. The summed E-state index contributed by atoms with van der Waals surface area (Å²) in [7, 11) is 0. The zero-order valence-corrected chi connectivity index (χ0v) is 40.9. The first-order valence-electron chi connectivity index (χ1n) is 27.1. The number of nitrogens with one attached hydrogen (secondary N) is 1. The molecular weight excluding hydrogens is 755 g/mol. The van der Waals surface area contributed by atoms with E-state index in [1.807, 2.05) is 0 Å². The second-order valence-electron chi connectivity index (χ2n) is 18.6. The van der Waals surface area contributed by atoms with Gasteiger partial charge in [0.05, 0.1) is 25.4 Å². The molecule has 61 heavy (non-hydrogen) atoms. The zero-order chi connectivity index (χ0) is 44.4. The van der Waals surface area contributed by atoms with Gasteiger partial charge in [-0.25, -0.2) is 0 Å². The van der Waals surface area contributed by atoms with Crippen molar-refractivity contribution in [1.29, 1.82) is 0 Å². The van der Waals surface area contributed by atoms with Gasteiger partial charge in [-0.2, -0.15) is 0 Å². The van der Waals surface area contributed by atoms with E-state index in [9.17, 15) is 19.8 Å².